The number of ether oxygens (including phenoxy) is 1. The van der Waals surface area contributed by atoms with Gasteiger partial charge in [-0.1, -0.05) is 60.7 Å². The maximum absolute atomic E-state index is 13.5. The lowest BCUT2D eigenvalue weighted by Crippen LogP contribution is -2.47. The van der Waals surface area contributed by atoms with Crippen LogP contribution in [0.15, 0.2) is 60.7 Å². The van der Waals surface area contributed by atoms with E-state index in [1.165, 1.54) is 0 Å². The Morgan fingerprint density at radius 3 is 2.00 bits per heavy atom. The van der Waals surface area contributed by atoms with E-state index in [2.05, 4.69) is 5.32 Å². The second kappa shape index (κ2) is 11.3. The van der Waals surface area contributed by atoms with Crippen molar-refractivity contribution in [3.63, 3.8) is 0 Å². The fourth-order valence-corrected chi connectivity index (χ4v) is 3.94. The molecule has 1 aliphatic heterocycles. The van der Waals surface area contributed by atoms with Gasteiger partial charge in [0.05, 0.1) is 18.9 Å². The molecule has 2 aromatic rings. The van der Waals surface area contributed by atoms with Gasteiger partial charge in [0, 0.05) is 25.6 Å². The molecule has 1 saturated heterocycles. The minimum atomic E-state index is -0.356. The number of carbonyl (C=O) groups excluding carboxylic acids is 3. The molecule has 1 fully saturated rings. The van der Waals surface area contributed by atoms with Crippen molar-refractivity contribution >= 4 is 17.8 Å². The van der Waals surface area contributed by atoms with Gasteiger partial charge < -0.3 is 15.0 Å². The van der Waals surface area contributed by atoms with Crippen LogP contribution >= 0.6 is 0 Å². The van der Waals surface area contributed by atoms with Gasteiger partial charge in [0.1, 0.15) is 0 Å². The summed E-state index contributed by atoms with van der Waals surface area (Å²) in [5, 5.41) is 2.98. The Bertz CT molecular complexity index is 822. The van der Waals surface area contributed by atoms with Crippen LogP contribution in [0.25, 0.3) is 0 Å². The number of carbonyl (C=O) groups is 3. The van der Waals surface area contributed by atoms with E-state index >= 15 is 0 Å². The van der Waals surface area contributed by atoms with Gasteiger partial charge in [-0.05, 0) is 30.9 Å². The molecule has 1 aliphatic rings. The SMILES string of the molecule is CCOC(=O)CCC(=O)NC1CCN(C(=O)C(c2ccccc2)c2ccccc2)CC1. The topological polar surface area (TPSA) is 75.7 Å². The van der Waals surface area contributed by atoms with Crippen LogP contribution in [0.3, 0.4) is 0 Å². The van der Waals surface area contributed by atoms with Crippen LogP contribution in [0.2, 0.25) is 0 Å². The first kappa shape index (κ1) is 22.5. The largest absolute Gasteiger partial charge is 0.466 e. The Balaban J connectivity index is 1.57. The first-order chi connectivity index (χ1) is 15.1. The normalized spacial score (nSPS) is 14.3. The van der Waals surface area contributed by atoms with Crippen LogP contribution in [-0.2, 0) is 19.1 Å². The summed E-state index contributed by atoms with van der Waals surface area (Å²) < 4.78 is 4.85. The average molecular weight is 423 g/mol. The van der Waals surface area contributed by atoms with E-state index in [0.717, 1.165) is 11.1 Å². The molecular formula is C25H30N2O4. The second-order valence-corrected chi connectivity index (χ2v) is 7.73. The summed E-state index contributed by atoms with van der Waals surface area (Å²) in [6.07, 6.45) is 1.62. The molecule has 31 heavy (non-hydrogen) atoms. The van der Waals surface area contributed by atoms with Crippen molar-refractivity contribution in [1.29, 1.82) is 0 Å². The lowest BCUT2D eigenvalue weighted by Gasteiger charge is -2.35. The van der Waals surface area contributed by atoms with Crippen LogP contribution in [-0.4, -0.2) is 48.4 Å². The first-order valence-corrected chi connectivity index (χ1v) is 10.9. The van der Waals surface area contributed by atoms with Crippen molar-refractivity contribution in [2.45, 2.75) is 44.6 Å². The van der Waals surface area contributed by atoms with Crippen molar-refractivity contribution in [2.75, 3.05) is 19.7 Å². The van der Waals surface area contributed by atoms with E-state index in [4.69, 9.17) is 4.74 Å². The fourth-order valence-electron chi connectivity index (χ4n) is 3.94. The third kappa shape index (κ3) is 6.41. The molecule has 0 aliphatic carbocycles. The fraction of sp³-hybridized carbons (Fsp3) is 0.400. The molecule has 0 bridgehead atoms. The van der Waals surface area contributed by atoms with Crippen LogP contribution in [0.4, 0.5) is 0 Å². The Kier molecular flexibility index (Phi) is 8.21. The molecule has 0 spiro atoms. The number of esters is 1. The van der Waals surface area contributed by atoms with Crippen molar-refractivity contribution in [3.8, 4) is 0 Å². The van der Waals surface area contributed by atoms with Gasteiger partial charge in [-0.25, -0.2) is 0 Å². The van der Waals surface area contributed by atoms with Crippen molar-refractivity contribution in [1.82, 2.24) is 10.2 Å². The van der Waals surface area contributed by atoms with Gasteiger partial charge in [-0.2, -0.15) is 0 Å². The first-order valence-electron chi connectivity index (χ1n) is 10.9. The molecule has 0 saturated carbocycles. The molecule has 0 atom stereocenters. The minimum Gasteiger partial charge on any atom is -0.466 e. The predicted molar refractivity (Wildman–Crippen MR) is 118 cm³/mol. The number of nitrogens with zero attached hydrogens (tertiary/aromatic N) is 1. The van der Waals surface area contributed by atoms with E-state index in [-0.39, 0.29) is 42.6 Å². The number of hydrogen-bond donors (Lipinski definition) is 1. The summed E-state index contributed by atoms with van der Waals surface area (Å²) in [4.78, 5) is 38.9. The lowest BCUT2D eigenvalue weighted by atomic mass is 9.89. The zero-order chi connectivity index (χ0) is 22.1. The van der Waals surface area contributed by atoms with Gasteiger partial charge in [0.15, 0.2) is 0 Å². The van der Waals surface area contributed by atoms with Gasteiger partial charge >= 0.3 is 5.97 Å². The minimum absolute atomic E-state index is 0.0191. The molecular weight excluding hydrogens is 392 g/mol. The van der Waals surface area contributed by atoms with E-state index in [1.54, 1.807) is 6.92 Å². The number of likely N-dealkylation sites (tertiary alicyclic amines) is 1. The number of nitrogens with one attached hydrogen (secondary N) is 1. The van der Waals surface area contributed by atoms with E-state index in [9.17, 15) is 14.4 Å². The standard InChI is InChI=1S/C25H30N2O4/c1-2-31-23(29)14-13-22(28)26-21-15-17-27(18-16-21)25(30)24(19-9-5-3-6-10-19)20-11-7-4-8-12-20/h3-12,21,24H,2,13-18H2,1H3,(H,26,28). The predicted octanol–water partition coefficient (Wildman–Crippen LogP) is 3.27. The van der Waals surface area contributed by atoms with E-state index in [1.807, 2.05) is 65.6 Å². The van der Waals surface area contributed by atoms with Crippen LogP contribution in [0.1, 0.15) is 49.7 Å². The molecule has 6 heteroatoms. The molecule has 0 radical (unpaired) electrons. The third-order valence-corrected chi connectivity index (χ3v) is 5.55. The molecule has 1 heterocycles. The smallest absolute Gasteiger partial charge is 0.306 e. The van der Waals surface area contributed by atoms with E-state index < -0.39 is 0 Å². The number of hydrogen-bond acceptors (Lipinski definition) is 4. The molecule has 0 unspecified atom stereocenters. The van der Waals surface area contributed by atoms with Crippen molar-refractivity contribution in [2.24, 2.45) is 0 Å². The molecule has 1 N–H and O–H groups in total. The molecule has 2 amide bonds. The summed E-state index contributed by atoms with van der Waals surface area (Å²) in [5.74, 6) is -0.752. The molecule has 6 nitrogen and oxygen atoms in total. The van der Waals surface area contributed by atoms with Gasteiger partial charge in [-0.15, -0.1) is 0 Å². The summed E-state index contributed by atoms with van der Waals surface area (Å²) in [5.41, 5.74) is 1.96. The van der Waals surface area contributed by atoms with Gasteiger partial charge in [0.2, 0.25) is 11.8 Å². The summed E-state index contributed by atoms with van der Waals surface area (Å²) >= 11 is 0. The Morgan fingerprint density at radius 2 is 1.48 bits per heavy atom. The van der Waals surface area contributed by atoms with Crippen molar-refractivity contribution < 1.29 is 19.1 Å². The van der Waals surface area contributed by atoms with Crippen molar-refractivity contribution in [3.05, 3.63) is 71.8 Å². The highest BCUT2D eigenvalue weighted by Gasteiger charge is 2.30. The highest BCUT2D eigenvalue weighted by molar-refractivity contribution is 5.87. The molecule has 3 rings (SSSR count). The maximum Gasteiger partial charge on any atom is 0.306 e. The monoisotopic (exact) mass is 422 g/mol. The molecule has 2 aromatic carbocycles. The molecule has 0 aromatic heterocycles. The van der Waals surface area contributed by atoms with Crippen LogP contribution < -0.4 is 5.32 Å². The van der Waals surface area contributed by atoms with Gasteiger partial charge in [-0.3, -0.25) is 14.4 Å². The lowest BCUT2D eigenvalue weighted by molar-refractivity contribution is -0.144. The number of rotatable bonds is 8. The maximum atomic E-state index is 13.5. The average Bonchev–Trinajstić information content (AvgIpc) is 2.80. The zero-order valence-corrected chi connectivity index (χ0v) is 18.0. The molecule has 164 valence electrons. The Morgan fingerprint density at radius 1 is 0.935 bits per heavy atom. The number of amides is 2. The van der Waals surface area contributed by atoms with Crippen LogP contribution in [0.5, 0.6) is 0 Å². The Labute approximate surface area is 183 Å². The second-order valence-electron chi connectivity index (χ2n) is 7.73. The highest BCUT2D eigenvalue weighted by Crippen LogP contribution is 2.28. The number of piperidine rings is 1. The summed E-state index contributed by atoms with van der Waals surface area (Å²) in [6.45, 7) is 3.25. The summed E-state index contributed by atoms with van der Waals surface area (Å²) in [7, 11) is 0. The van der Waals surface area contributed by atoms with Crippen LogP contribution in [0, 0.1) is 0 Å². The number of benzene rings is 2. The summed E-state index contributed by atoms with van der Waals surface area (Å²) in [6, 6.07) is 19.7. The highest BCUT2D eigenvalue weighted by atomic mass is 16.5. The van der Waals surface area contributed by atoms with Gasteiger partial charge in [0.25, 0.3) is 0 Å². The third-order valence-electron chi connectivity index (χ3n) is 5.55. The quantitative estimate of drug-likeness (QED) is 0.663. The zero-order valence-electron chi connectivity index (χ0n) is 18.0. The Hall–Kier alpha value is -3.15. The van der Waals surface area contributed by atoms with E-state index in [0.29, 0.717) is 32.5 Å².